The van der Waals surface area contributed by atoms with Crippen LogP contribution in [0.1, 0.15) is 11.1 Å². The molecule has 0 aliphatic carbocycles. The van der Waals surface area contributed by atoms with Gasteiger partial charge in [0, 0.05) is 40.5 Å². The average Bonchev–Trinajstić information content (AvgIpc) is 3.37. The molecule has 44 heavy (non-hydrogen) atoms. The highest BCUT2D eigenvalue weighted by Crippen LogP contribution is 2.63. The summed E-state index contributed by atoms with van der Waals surface area (Å²) < 4.78 is 34.9. The zero-order chi connectivity index (χ0) is 29.4. The number of hydrogen-bond donors (Lipinski definition) is 0. The normalized spacial score (nSPS) is 14.6. The molecule has 9 rings (SSSR count). The molecule has 3 aliphatic rings. The Morgan fingerprint density at radius 2 is 0.932 bits per heavy atom. The summed E-state index contributed by atoms with van der Waals surface area (Å²) in [5.74, 6) is 1.65. The van der Waals surface area contributed by atoms with Gasteiger partial charge in [-0.05, 0) is 57.6 Å². The van der Waals surface area contributed by atoms with Crippen LogP contribution in [0.25, 0.3) is 55.6 Å². The van der Waals surface area contributed by atoms with E-state index < -0.39 is 7.37 Å². The standard InChI is InChI=1S/C39H27O4P/c1-41-44(40)38-30(24-12-4-2-5-13-24)20-26-22-42-32-18-10-8-16-28(32)34(26)36(38)37-35-27(23-43-33-19-11-9-17-29(33)35)21-31(39(37)44)25-14-6-3-7-15-25/h2-21H,22-23H2,1H3. The van der Waals surface area contributed by atoms with E-state index in [2.05, 4.69) is 48.5 Å². The van der Waals surface area contributed by atoms with Gasteiger partial charge >= 0.3 is 0 Å². The molecule has 0 spiro atoms. The maximum absolute atomic E-state index is 15.9. The number of ether oxygens (including phenoxy) is 2. The molecule has 0 fully saturated rings. The van der Waals surface area contributed by atoms with Gasteiger partial charge in [-0.1, -0.05) is 97.1 Å². The van der Waals surface area contributed by atoms with Gasteiger partial charge in [-0.15, -0.1) is 0 Å². The van der Waals surface area contributed by atoms with Crippen LogP contribution < -0.4 is 20.1 Å². The Morgan fingerprint density at radius 1 is 0.523 bits per heavy atom. The first kappa shape index (κ1) is 25.6. The number of fused-ring (bicyclic) bond motifs is 11. The van der Waals surface area contributed by atoms with Gasteiger partial charge in [0.25, 0.3) is 7.37 Å². The van der Waals surface area contributed by atoms with Crippen molar-refractivity contribution in [1.29, 1.82) is 0 Å². The van der Waals surface area contributed by atoms with E-state index in [1.54, 1.807) is 7.11 Å². The molecule has 0 aromatic heterocycles. The fourth-order valence-corrected chi connectivity index (χ4v) is 9.92. The Balaban J connectivity index is 1.53. The van der Waals surface area contributed by atoms with E-state index in [4.69, 9.17) is 14.0 Å². The largest absolute Gasteiger partial charge is 0.488 e. The summed E-state index contributed by atoms with van der Waals surface area (Å²) in [5, 5.41) is 1.51. The van der Waals surface area contributed by atoms with Crippen LogP contribution in [0.5, 0.6) is 11.5 Å². The topological polar surface area (TPSA) is 44.8 Å². The quantitative estimate of drug-likeness (QED) is 0.193. The fourth-order valence-electron chi connectivity index (χ4n) is 7.28. The summed E-state index contributed by atoms with van der Waals surface area (Å²) in [5.41, 5.74) is 12.0. The lowest BCUT2D eigenvalue weighted by Crippen LogP contribution is -2.18. The van der Waals surface area contributed by atoms with Crippen LogP contribution in [0.2, 0.25) is 0 Å². The first-order valence-corrected chi connectivity index (χ1v) is 16.4. The molecule has 0 saturated carbocycles. The molecule has 0 N–H and O–H groups in total. The first-order valence-electron chi connectivity index (χ1n) is 14.8. The molecular weight excluding hydrogens is 563 g/mol. The molecule has 0 atom stereocenters. The van der Waals surface area contributed by atoms with Gasteiger partial charge in [0.2, 0.25) is 0 Å². The predicted molar refractivity (Wildman–Crippen MR) is 176 cm³/mol. The Bertz CT molecular complexity index is 2030. The minimum absolute atomic E-state index is 0.423. The van der Waals surface area contributed by atoms with Crippen molar-refractivity contribution in [2.24, 2.45) is 0 Å². The van der Waals surface area contributed by atoms with Crippen molar-refractivity contribution in [3.63, 3.8) is 0 Å². The van der Waals surface area contributed by atoms with Gasteiger partial charge in [-0.25, -0.2) is 0 Å². The maximum Gasteiger partial charge on any atom is 0.263 e. The minimum atomic E-state index is -3.64. The fraction of sp³-hybridized carbons (Fsp3) is 0.0769. The monoisotopic (exact) mass is 590 g/mol. The second-order valence-corrected chi connectivity index (χ2v) is 13.8. The molecule has 4 nitrogen and oxygen atoms in total. The van der Waals surface area contributed by atoms with Crippen LogP contribution in [0.15, 0.2) is 121 Å². The molecule has 3 heterocycles. The molecule has 6 aromatic carbocycles. The van der Waals surface area contributed by atoms with Crippen LogP contribution in [0, 0.1) is 0 Å². The third-order valence-electron chi connectivity index (χ3n) is 9.11. The van der Waals surface area contributed by atoms with Crippen LogP contribution in [-0.2, 0) is 22.3 Å². The minimum Gasteiger partial charge on any atom is -0.488 e. The maximum atomic E-state index is 15.9. The van der Waals surface area contributed by atoms with Crippen molar-refractivity contribution in [1.82, 2.24) is 0 Å². The van der Waals surface area contributed by atoms with Crippen LogP contribution in [-0.4, -0.2) is 7.11 Å². The second-order valence-electron chi connectivity index (χ2n) is 11.4. The predicted octanol–water partition coefficient (Wildman–Crippen LogP) is 9.00. The number of benzene rings is 6. The van der Waals surface area contributed by atoms with Gasteiger partial charge in [0.1, 0.15) is 24.7 Å². The van der Waals surface area contributed by atoms with Gasteiger partial charge < -0.3 is 14.0 Å². The van der Waals surface area contributed by atoms with Crippen molar-refractivity contribution in [3.8, 4) is 67.1 Å². The highest BCUT2D eigenvalue weighted by Gasteiger charge is 2.48. The average molecular weight is 591 g/mol. The summed E-state index contributed by atoms with van der Waals surface area (Å²) in [6, 6.07) is 41.1. The van der Waals surface area contributed by atoms with Gasteiger partial charge in [-0.2, -0.15) is 0 Å². The molecule has 212 valence electrons. The van der Waals surface area contributed by atoms with E-state index >= 15 is 4.57 Å². The van der Waals surface area contributed by atoms with E-state index in [0.717, 1.165) is 88.9 Å². The van der Waals surface area contributed by atoms with Gasteiger partial charge in [0.15, 0.2) is 0 Å². The summed E-state index contributed by atoms with van der Waals surface area (Å²) in [4.78, 5) is 0. The molecule has 5 heteroatoms. The third kappa shape index (κ3) is 3.47. The molecule has 0 saturated heterocycles. The third-order valence-corrected chi connectivity index (χ3v) is 11.7. The Labute approximate surface area is 256 Å². The second kappa shape index (κ2) is 9.56. The van der Waals surface area contributed by atoms with E-state index in [9.17, 15) is 0 Å². The number of rotatable bonds is 3. The van der Waals surface area contributed by atoms with Crippen molar-refractivity contribution in [3.05, 3.63) is 132 Å². The lowest BCUT2D eigenvalue weighted by molar-refractivity contribution is 0.302. The molecule has 0 unspecified atom stereocenters. The van der Waals surface area contributed by atoms with Crippen LogP contribution in [0.3, 0.4) is 0 Å². The summed E-state index contributed by atoms with van der Waals surface area (Å²) >= 11 is 0. The number of hydrogen-bond acceptors (Lipinski definition) is 4. The highest BCUT2D eigenvalue weighted by molar-refractivity contribution is 7.76. The highest BCUT2D eigenvalue weighted by atomic mass is 31.2. The lowest BCUT2D eigenvalue weighted by Gasteiger charge is -2.28. The van der Waals surface area contributed by atoms with Crippen molar-refractivity contribution < 1.29 is 18.6 Å². The van der Waals surface area contributed by atoms with Crippen LogP contribution >= 0.6 is 7.37 Å². The molecule has 0 amide bonds. The smallest absolute Gasteiger partial charge is 0.263 e. The van der Waals surface area contributed by atoms with Crippen molar-refractivity contribution >= 4 is 18.0 Å². The number of para-hydroxylation sites is 2. The molecule has 0 bridgehead atoms. The summed E-state index contributed by atoms with van der Waals surface area (Å²) in [7, 11) is -2.04. The molecule has 6 aromatic rings. The summed E-state index contributed by atoms with van der Waals surface area (Å²) in [6.45, 7) is 0.846. The molecule has 0 radical (unpaired) electrons. The molecule has 3 aliphatic heterocycles. The Morgan fingerprint density at radius 3 is 1.36 bits per heavy atom. The van der Waals surface area contributed by atoms with Crippen molar-refractivity contribution in [2.75, 3.05) is 7.11 Å². The van der Waals surface area contributed by atoms with E-state index in [1.807, 2.05) is 72.8 Å². The Kier molecular flexibility index (Phi) is 5.56. The Hall–Kier alpha value is -4.89. The zero-order valence-electron chi connectivity index (χ0n) is 24.0. The van der Waals surface area contributed by atoms with E-state index in [0.29, 0.717) is 13.2 Å². The van der Waals surface area contributed by atoms with Crippen LogP contribution in [0.4, 0.5) is 0 Å². The summed E-state index contributed by atoms with van der Waals surface area (Å²) in [6.07, 6.45) is 0. The van der Waals surface area contributed by atoms with Crippen molar-refractivity contribution in [2.45, 2.75) is 13.2 Å². The van der Waals surface area contributed by atoms with Gasteiger partial charge in [-0.3, -0.25) is 4.57 Å². The van der Waals surface area contributed by atoms with E-state index in [1.165, 1.54) is 0 Å². The first-order chi connectivity index (χ1) is 21.7. The SMILES string of the molecule is COP1(=O)c2c(-c3ccccc3)cc3c(c2-c2c4c(cc(-c5ccccc5)c21)COc1ccccc1-4)-c1ccccc1OC3. The lowest BCUT2D eigenvalue weighted by atomic mass is 9.80. The van der Waals surface area contributed by atoms with Gasteiger partial charge in [0.05, 0.1) is 10.6 Å². The van der Waals surface area contributed by atoms with E-state index in [-0.39, 0.29) is 0 Å². The zero-order valence-corrected chi connectivity index (χ0v) is 24.9. The molecular formula is C39H27O4P.